The summed E-state index contributed by atoms with van der Waals surface area (Å²) in [7, 11) is 0. The molecular weight excluding hydrogens is 455 g/mol. The van der Waals surface area contributed by atoms with Crippen molar-refractivity contribution in [2.24, 2.45) is 0 Å². The van der Waals surface area contributed by atoms with Crippen LogP contribution in [0.4, 0.5) is 11.4 Å². The first-order chi connectivity index (χ1) is 14.2. The van der Waals surface area contributed by atoms with E-state index < -0.39 is 22.5 Å². The number of rotatable bonds is 5. The van der Waals surface area contributed by atoms with Gasteiger partial charge in [0.15, 0.2) is 0 Å². The van der Waals surface area contributed by atoms with E-state index in [1.54, 1.807) is 12.1 Å². The first-order valence-electron chi connectivity index (χ1n) is 8.27. The molecule has 0 radical (unpaired) electrons. The van der Waals surface area contributed by atoms with Crippen LogP contribution in [0.25, 0.3) is 0 Å². The average molecular weight is 466 g/mol. The number of nitrogens with zero attached hydrogens (tertiary/aromatic N) is 1. The number of ether oxygens (including phenoxy) is 1. The number of hydrogen-bond acceptors (Lipinski definition) is 5. The van der Waals surface area contributed by atoms with Crippen LogP contribution in [0.15, 0.2) is 60.7 Å². The minimum atomic E-state index is -0.808. The summed E-state index contributed by atoms with van der Waals surface area (Å²) >= 11 is 17.7. The highest BCUT2D eigenvalue weighted by atomic mass is 35.5. The van der Waals surface area contributed by atoms with E-state index >= 15 is 0 Å². The summed E-state index contributed by atoms with van der Waals surface area (Å²) in [5.74, 6) is -1.10. The van der Waals surface area contributed by atoms with Crippen molar-refractivity contribution in [3.8, 4) is 5.75 Å². The van der Waals surface area contributed by atoms with Crippen LogP contribution in [0.3, 0.4) is 0 Å². The topological polar surface area (TPSA) is 98.5 Å². The quantitative estimate of drug-likeness (QED) is 0.215. The van der Waals surface area contributed by atoms with Gasteiger partial charge < -0.3 is 10.1 Å². The fourth-order valence-corrected chi connectivity index (χ4v) is 2.93. The third-order valence-electron chi connectivity index (χ3n) is 3.88. The molecule has 0 heterocycles. The maximum absolute atomic E-state index is 12.4. The molecule has 3 aromatic carbocycles. The first kappa shape index (κ1) is 21.6. The molecule has 7 nitrogen and oxygen atoms in total. The molecule has 0 unspecified atom stereocenters. The van der Waals surface area contributed by atoms with E-state index in [2.05, 4.69) is 5.32 Å². The summed E-state index contributed by atoms with van der Waals surface area (Å²) in [6, 6.07) is 14.0. The number of carbonyl (C=O) groups excluding carboxylic acids is 2. The molecule has 0 spiro atoms. The number of benzene rings is 3. The van der Waals surface area contributed by atoms with E-state index in [1.165, 1.54) is 42.5 Å². The number of esters is 1. The summed E-state index contributed by atoms with van der Waals surface area (Å²) in [5.41, 5.74) is 0.198. The molecule has 0 atom stereocenters. The van der Waals surface area contributed by atoms with Gasteiger partial charge in [0.05, 0.1) is 21.2 Å². The Bertz CT molecular complexity index is 1150. The van der Waals surface area contributed by atoms with Gasteiger partial charge in [0.2, 0.25) is 0 Å². The van der Waals surface area contributed by atoms with Gasteiger partial charge in [-0.25, -0.2) is 4.79 Å². The van der Waals surface area contributed by atoms with Gasteiger partial charge in [0.25, 0.3) is 11.6 Å². The summed E-state index contributed by atoms with van der Waals surface area (Å²) in [6.07, 6.45) is 0. The molecule has 0 aliphatic carbocycles. The molecule has 0 saturated heterocycles. The maximum Gasteiger partial charge on any atom is 0.343 e. The minimum absolute atomic E-state index is 0.0384. The number of halogens is 3. The van der Waals surface area contributed by atoms with Crippen LogP contribution in [0.5, 0.6) is 5.75 Å². The molecule has 0 fully saturated rings. The van der Waals surface area contributed by atoms with E-state index in [0.29, 0.717) is 15.7 Å². The van der Waals surface area contributed by atoms with Gasteiger partial charge in [-0.15, -0.1) is 0 Å². The predicted molar refractivity (Wildman–Crippen MR) is 114 cm³/mol. The van der Waals surface area contributed by atoms with Gasteiger partial charge >= 0.3 is 5.97 Å². The Balaban J connectivity index is 1.70. The summed E-state index contributed by atoms with van der Waals surface area (Å²) < 4.78 is 5.19. The van der Waals surface area contributed by atoms with E-state index in [9.17, 15) is 19.7 Å². The lowest BCUT2D eigenvalue weighted by Gasteiger charge is -2.09. The number of hydrogen-bond donors (Lipinski definition) is 1. The second kappa shape index (κ2) is 9.13. The number of amides is 1. The van der Waals surface area contributed by atoms with Crippen molar-refractivity contribution < 1.29 is 19.2 Å². The van der Waals surface area contributed by atoms with Crippen LogP contribution >= 0.6 is 34.8 Å². The third kappa shape index (κ3) is 5.07. The Hall–Kier alpha value is -3.13. The van der Waals surface area contributed by atoms with E-state index in [0.717, 1.165) is 6.07 Å². The van der Waals surface area contributed by atoms with E-state index in [1.807, 2.05) is 0 Å². The van der Waals surface area contributed by atoms with Crippen LogP contribution in [0, 0.1) is 10.1 Å². The van der Waals surface area contributed by atoms with Crippen LogP contribution < -0.4 is 10.1 Å². The Labute approximate surface area is 185 Å². The molecule has 0 saturated carbocycles. The fourth-order valence-electron chi connectivity index (χ4n) is 2.41. The average Bonchev–Trinajstić information content (AvgIpc) is 2.71. The third-order valence-corrected chi connectivity index (χ3v) is 4.77. The minimum Gasteiger partial charge on any atom is -0.423 e. The van der Waals surface area contributed by atoms with Crippen LogP contribution in [0.1, 0.15) is 20.7 Å². The maximum atomic E-state index is 12.4. The molecule has 0 aliphatic rings. The summed E-state index contributed by atoms with van der Waals surface area (Å²) in [6.45, 7) is 0. The Kier molecular flexibility index (Phi) is 6.56. The highest BCUT2D eigenvalue weighted by molar-refractivity contribution is 6.36. The molecule has 30 heavy (non-hydrogen) atoms. The molecule has 1 N–H and O–H groups in total. The second-order valence-corrected chi connectivity index (χ2v) is 7.17. The number of carbonyl (C=O) groups is 2. The molecule has 3 rings (SSSR count). The smallest absolute Gasteiger partial charge is 0.343 e. The van der Waals surface area contributed by atoms with Crippen LogP contribution in [-0.2, 0) is 0 Å². The Morgan fingerprint density at radius 3 is 2.17 bits per heavy atom. The van der Waals surface area contributed by atoms with Crippen molar-refractivity contribution in [3.63, 3.8) is 0 Å². The number of nitrogens with one attached hydrogen (secondary N) is 1. The predicted octanol–water partition coefficient (Wildman–Crippen LogP) is 6.03. The molecule has 0 aliphatic heterocycles. The molecule has 0 bridgehead atoms. The van der Waals surface area contributed by atoms with Crippen molar-refractivity contribution >= 4 is 58.1 Å². The molecular formula is C20H11Cl3N2O5. The molecule has 10 heteroatoms. The summed E-state index contributed by atoms with van der Waals surface area (Å²) in [4.78, 5) is 34.9. The van der Waals surface area contributed by atoms with Gasteiger partial charge in [-0.05, 0) is 54.6 Å². The van der Waals surface area contributed by atoms with Crippen molar-refractivity contribution in [3.05, 3.63) is 97.0 Å². The SMILES string of the molecule is O=C(Nc1cc(Cl)ccc1Cl)c1ccc(OC(=O)c2ccc(Cl)c([N+](=O)[O-])c2)cc1. The first-order valence-corrected chi connectivity index (χ1v) is 9.40. The zero-order valence-corrected chi connectivity index (χ0v) is 17.2. The lowest BCUT2D eigenvalue weighted by molar-refractivity contribution is -0.384. The van der Waals surface area contributed by atoms with Gasteiger partial charge in [-0.1, -0.05) is 34.8 Å². The van der Waals surface area contributed by atoms with Crippen molar-refractivity contribution in [2.45, 2.75) is 0 Å². The second-order valence-electron chi connectivity index (χ2n) is 5.92. The van der Waals surface area contributed by atoms with Gasteiger partial charge in [-0.2, -0.15) is 0 Å². The highest BCUT2D eigenvalue weighted by Crippen LogP contribution is 2.27. The molecule has 1 amide bonds. The van der Waals surface area contributed by atoms with E-state index in [-0.39, 0.29) is 21.9 Å². The van der Waals surface area contributed by atoms with Crippen LogP contribution in [-0.4, -0.2) is 16.8 Å². The highest BCUT2D eigenvalue weighted by Gasteiger charge is 2.18. The number of nitro benzene ring substituents is 1. The van der Waals surface area contributed by atoms with Crippen molar-refractivity contribution in [1.82, 2.24) is 0 Å². The van der Waals surface area contributed by atoms with Crippen molar-refractivity contribution in [1.29, 1.82) is 0 Å². The lowest BCUT2D eigenvalue weighted by atomic mass is 10.2. The number of nitro groups is 1. The monoisotopic (exact) mass is 464 g/mol. The van der Waals surface area contributed by atoms with E-state index in [4.69, 9.17) is 39.5 Å². The number of anilines is 1. The van der Waals surface area contributed by atoms with Gasteiger partial charge in [-0.3, -0.25) is 14.9 Å². The van der Waals surface area contributed by atoms with Crippen molar-refractivity contribution in [2.75, 3.05) is 5.32 Å². The molecule has 152 valence electrons. The zero-order chi connectivity index (χ0) is 21.8. The standard InChI is InChI=1S/C20H11Cl3N2O5/c21-13-4-8-15(22)17(10-13)24-19(26)11-1-5-14(6-2-11)30-20(27)12-3-7-16(23)18(9-12)25(28)29/h1-10H,(H,24,26). The Morgan fingerprint density at radius 2 is 1.50 bits per heavy atom. The lowest BCUT2D eigenvalue weighted by Crippen LogP contribution is -2.12. The molecule has 0 aromatic heterocycles. The normalized spacial score (nSPS) is 10.4. The Morgan fingerprint density at radius 1 is 0.867 bits per heavy atom. The summed E-state index contributed by atoms with van der Waals surface area (Å²) in [5, 5.41) is 14.2. The van der Waals surface area contributed by atoms with Crippen LogP contribution in [0.2, 0.25) is 15.1 Å². The van der Waals surface area contributed by atoms with Gasteiger partial charge in [0.1, 0.15) is 10.8 Å². The largest absolute Gasteiger partial charge is 0.423 e. The van der Waals surface area contributed by atoms with Gasteiger partial charge in [0, 0.05) is 16.7 Å². The molecule has 3 aromatic rings. The zero-order valence-electron chi connectivity index (χ0n) is 14.9. The fraction of sp³-hybridized carbons (Fsp3) is 0.